The highest BCUT2D eigenvalue weighted by Crippen LogP contribution is 2.65. The van der Waals surface area contributed by atoms with Gasteiger partial charge in [-0.2, -0.15) is 0 Å². The fourth-order valence-corrected chi connectivity index (χ4v) is 6.46. The number of hydrogen-bond donors (Lipinski definition) is 0. The molecule has 0 aromatic heterocycles. The lowest BCUT2D eigenvalue weighted by molar-refractivity contribution is -0.124. The van der Waals surface area contributed by atoms with E-state index >= 15 is 0 Å². The van der Waals surface area contributed by atoms with E-state index in [2.05, 4.69) is 12.2 Å². The zero-order valence-electron chi connectivity index (χ0n) is 15.0. The van der Waals surface area contributed by atoms with Crippen LogP contribution in [0.2, 0.25) is 5.02 Å². The van der Waals surface area contributed by atoms with Crippen molar-refractivity contribution < 1.29 is 9.59 Å². The van der Waals surface area contributed by atoms with E-state index < -0.39 is 0 Å². The molecule has 3 nitrogen and oxygen atoms in total. The zero-order valence-corrected chi connectivity index (χ0v) is 16.6. The van der Waals surface area contributed by atoms with Gasteiger partial charge in [0.2, 0.25) is 11.8 Å². The first-order valence-corrected chi connectivity index (χ1v) is 10.9. The number of carbonyl (C=O) groups is 2. The summed E-state index contributed by atoms with van der Waals surface area (Å²) in [5.41, 5.74) is 0.693. The monoisotopic (exact) mass is 407 g/mol. The van der Waals surface area contributed by atoms with E-state index in [0.717, 1.165) is 9.79 Å². The Balaban J connectivity index is 1.26. The molecule has 2 saturated carbocycles. The number of nitrogens with zero attached hydrogens (tertiary/aromatic N) is 1. The Hall–Kier alpha value is -2.04. The summed E-state index contributed by atoms with van der Waals surface area (Å²) in [6, 6.07) is 15.4. The van der Waals surface area contributed by atoms with Crippen molar-refractivity contribution in [3.8, 4) is 0 Å². The van der Waals surface area contributed by atoms with Crippen molar-refractivity contribution in [1.82, 2.24) is 0 Å². The van der Waals surface area contributed by atoms with E-state index in [-0.39, 0.29) is 35.5 Å². The van der Waals surface area contributed by atoms with Crippen molar-refractivity contribution in [3.63, 3.8) is 0 Å². The van der Waals surface area contributed by atoms with Gasteiger partial charge in [0.1, 0.15) is 0 Å². The van der Waals surface area contributed by atoms with E-state index in [1.165, 1.54) is 11.3 Å². The van der Waals surface area contributed by atoms with Crippen LogP contribution in [0.1, 0.15) is 6.42 Å². The van der Waals surface area contributed by atoms with Gasteiger partial charge in [0.05, 0.1) is 17.5 Å². The molecule has 28 heavy (non-hydrogen) atoms. The maximum absolute atomic E-state index is 13.2. The fourth-order valence-electron chi connectivity index (χ4n) is 5.51. The lowest BCUT2D eigenvalue weighted by atomic mass is 9.63. The topological polar surface area (TPSA) is 37.4 Å². The molecule has 1 aliphatic heterocycles. The van der Waals surface area contributed by atoms with Crippen molar-refractivity contribution in [3.05, 3.63) is 65.7 Å². The number of hydrogen-bond acceptors (Lipinski definition) is 3. The first kappa shape index (κ1) is 16.9. The minimum Gasteiger partial charge on any atom is -0.274 e. The Bertz CT molecular complexity index is 980. The van der Waals surface area contributed by atoms with Crippen LogP contribution in [0.4, 0.5) is 5.69 Å². The van der Waals surface area contributed by atoms with Crippen LogP contribution in [0.3, 0.4) is 0 Å². The first-order valence-electron chi connectivity index (χ1n) is 9.71. The molecule has 2 aromatic rings. The molecule has 2 aromatic carbocycles. The lowest BCUT2D eigenvalue weighted by Crippen LogP contribution is -2.40. The highest BCUT2D eigenvalue weighted by Gasteiger charge is 2.67. The van der Waals surface area contributed by atoms with Gasteiger partial charge in [-0.1, -0.05) is 35.5 Å². The van der Waals surface area contributed by atoms with Crippen LogP contribution in [-0.4, -0.2) is 11.8 Å². The summed E-state index contributed by atoms with van der Waals surface area (Å²) in [5, 5.41) is 0.716. The van der Waals surface area contributed by atoms with Crippen molar-refractivity contribution >= 4 is 40.9 Å². The van der Waals surface area contributed by atoms with Crippen LogP contribution in [-0.2, 0) is 9.59 Å². The molecule has 0 spiro atoms. The summed E-state index contributed by atoms with van der Waals surface area (Å²) >= 11 is 7.57. The number of rotatable bonds is 3. The molecular formula is C23H18ClNO2S. The van der Waals surface area contributed by atoms with E-state index in [9.17, 15) is 9.59 Å². The smallest absolute Gasteiger partial charge is 0.238 e. The highest BCUT2D eigenvalue weighted by atomic mass is 35.5. The minimum atomic E-state index is -0.144. The van der Waals surface area contributed by atoms with E-state index in [1.807, 2.05) is 48.5 Å². The lowest BCUT2D eigenvalue weighted by Gasteiger charge is -2.37. The summed E-state index contributed by atoms with van der Waals surface area (Å²) < 4.78 is 0. The van der Waals surface area contributed by atoms with Crippen molar-refractivity contribution in [2.24, 2.45) is 35.5 Å². The normalized spacial score (nSPS) is 34.5. The summed E-state index contributed by atoms with van der Waals surface area (Å²) in [6.07, 6.45) is 5.60. The molecule has 7 rings (SSSR count). The van der Waals surface area contributed by atoms with Gasteiger partial charge in [-0.25, -0.2) is 0 Å². The second kappa shape index (κ2) is 5.98. The molecule has 2 bridgehead atoms. The van der Waals surface area contributed by atoms with Crippen LogP contribution in [0.15, 0.2) is 70.5 Å². The summed E-state index contributed by atoms with van der Waals surface area (Å²) in [5.74, 6) is 1.50. The minimum absolute atomic E-state index is 0.00203. The Morgan fingerprint density at radius 1 is 0.786 bits per heavy atom. The van der Waals surface area contributed by atoms with Gasteiger partial charge in [-0.15, -0.1) is 0 Å². The number of allylic oxidation sites excluding steroid dienone is 2. The van der Waals surface area contributed by atoms with Crippen LogP contribution in [0, 0.1) is 35.5 Å². The molecule has 2 amide bonds. The van der Waals surface area contributed by atoms with E-state index in [0.29, 0.717) is 22.5 Å². The van der Waals surface area contributed by atoms with Crippen molar-refractivity contribution in [2.75, 3.05) is 4.90 Å². The molecule has 5 aliphatic rings. The molecule has 1 heterocycles. The molecule has 4 aliphatic carbocycles. The largest absolute Gasteiger partial charge is 0.274 e. The molecule has 0 unspecified atom stereocenters. The van der Waals surface area contributed by atoms with Crippen molar-refractivity contribution in [2.45, 2.75) is 16.2 Å². The number of halogens is 1. The van der Waals surface area contributed by atoms with Gasteiger partial charge in [0.15, 0.2) is 0 Å². The molecule has 3 fully saturated rings. The molecule has 140 valence electrons. The maximum atomic E-state index is 13.2. The van der Waals surface area contributed by atoms with Gasteiger partial charge in [-0.05, 0) is 78.6 Å². The highest BCUT2D eigenvalue weighted by molar-refractivity contribution is 7.99. The van der Waals surface area contributed by atoms with Crippen LogP contribution in [0.5, 0.6) is 0 Å². The number of amides is 2. The first-order chi connectivity index (χ1) is 13.6. The quantitative estimate of drug-likeness (QED) is 0.527. The zero-order chi connectivity index (χ0) is 19.0. The van der Waals surface area contributed by atoms with Crippen LogP contribution in [0.25, 0.3) is 0 Å². The van der Waals surface area contributed by atoms with Gasteiger partial charge < -0.3 is 0 Å². The van der Waals surface area contributed by atoms with Crippen LogP contribution < -0.4 is 4.90 Å². The Morgan fingerprint density at radius 3 is 1.82 bits per heavy atom. The van der Waals surface area contributed by atoms with Crippen LogP contribution >= 0.6 is 23.4 Å². The average Bonchev–Trinajstić information content (AvgIpc) is 3.49. The SMILES string of the molecule is O=C1[C@@H]2[C@@H]3C=C[C@H]([C@H]4C[C@@H]34)[C@@H]2C(=O)N1c1ccc(Sc2ccc(Cl)cc2)cc1. The Labute approximate surface area is 172 Å². The number of imide groups is 1. The van der Waals surface area contributed by atoms with Gasteiger partial charge in [-0.3, -0.25) is 14.5 Å². The standard InChI is InChI=1S/C23H18ClNO2S/c24-12-1-5-14(6-2-12)28-15-7-3-13(4-8-15)25-22(26)20-16-9-10-17(19-11-18(16)19)21(20)23(25)27/h1-10,16-21H,11H2/t16-,17-,18-,19+,20+,21-/m1/s1. The van der Waals surface area contributed by atoms with Gasteiger partial charge in [0.25, 0.3) is 0 Å². The number of carbonyl (C=O) groups excluding carboxylic acids is 2. The predicted octanol–water partition coefficient (Wildman–Crippen LogP) is 5.05. The van der Waals surface area contributed by atoms with Crippen molar-refractivity contribution in [1.29, 1.82) is 0 Å². The Kier molecular flexibility index (Phi) is 3.60. The molecule has 0 radical (unpaired) electrons. The maximum Gasteiger partial charge on any atom is 0.238 e. The average molecular weight is 408 g/mol. The predicted molar refractivity (Wildman–Crippen MR) is 109 cm³/mol. The second-order valence-corrected chi connectivity index (χ2v) is 9.80. The number of anilines is 1. The summed E-state index contributed by atoms with van der Waals surface area (Å²) in [6.45, 7) is 0. The summed E-state index contributed by atoms with van der Waals surface area (Å²) in [4.78, 5) is 29.9. The van der Waals surface area contributed by atoms with Gasteiger partial charge >= 0.3 is 0 Å². The van der Waals surface area contributed by atoms with E-state index in [1.54, 1.807) is 11.8 Å². The number of benzene rings is 2. The molecular weight excluding hydrogens is 390 g/mol. The second-order valence-electron chi connectivity index (χ2n) is 8.22. The Morgan fingerprint density at radius 2 is 1.29 bits per heavy atom. The van der Waals surface area contributed by atoms with E-state index in [4.69, 9.17) is 11.6 Å². The molecule has 0 N–H and O–H groups in total. The molecule has 6 atom stereocenters. The third-order valence-electron chi connectivity index (χ3n) is 6.81. The fraction of sp³-hybridized carbons (Fsp3) is 0.304. The third-order valence-corrected chi connectivity index (χ3v) is 8.07. The third kappa shape index (κ3) is 2.37. The molecule has 5 heteroatoms. The molecule has 1 saturated heterocycles. The summed E-state index contributed by atoms with van der Waals surface area (Å²) in [7, 11) is 0. The van der Waals surface area contributed by atoms with Gasteiger partial charge in [0, 0.05) is 14.8 Å².